The summed E-state index contributed by atoms with van der Waals surface area (Å²) in [7, 11) is 0. The van der Waals surface area contributed by atoms with Crippen molar-refractivity contribution in [1.29, 1.82) is 0 Å². The molecule has 0 aromatic heterocycles. The van der Waals surface area contributed by atoms with Crippen LogP contribution < -0.4 is 0 Å². The second kappa shape index (κ2) is 3.11. The number of phenols is 1. The van der Waals surface area contributed by atoms with Gasteiger partial charge in [0.25, 0.3) is 0 Å². The van der Waals surface area contributed by atoms with E-state index in [-0.39, 0.29) is 5.56 Å². The molecular formula is C9H11FO2. The molecule has 1 atom stereocenters. The van der Waals surface area contributed by atoms with Gasteiger partial charge in [-0.2, -0.15) is 0 Å². The van der Waals surface area contributed by atoms with Crippen LogP contribution in [-0.4, -0.2) is 10.2 Å². The highest BCUT2D eigenvalue weighted by Crippen LogP contribution is 2.27. The molecule has 3 heteroatoms. The molecule has 2 N–H and O–H groups in total. The molecule has 2 nitrogen and oxygen atoms in total. The van der Waals surface area contributed by atoms with Crippen LogP contribution in [0.25, 0.3) is 0 Å². The summed E-state index contributed by atoms with van der Waals surface area (Å²) in [6.45, 7) is 3.18. The molecule has 0 saturated heterocycles. The Labute approximate surface area is 70.3 Å². The fraction of sp³-hybridized carbons (Fsp3) is 0.333. The van der Waals surface area contributed by atoms with Gasteiger partial charge in [0, 0.05) is 5.56 Å². The summed E-state index contributed by atoms with van der Waals surface area (Å²) in [5.41, 5.74) is 0.911. The number of aliphatic hydroxyl groups is 1. The van der Waals surface area contributed by atoms with Gasteiger partial charge in [-0.15, -0.1) is 0 Å². The van der Waals surface area contributed by atoms with Crippen LogP contribution in [0.5, 0.6) is 5.75 Å². The minimum Gasteiger partial charge on any atom is -0.505 e. The lowest BCUT2D eigenvalue weighted by Crippen LogP contribution is -1.94. The topological polar surface area (TPSA) is 40.5 Å². The molecule has 0 spiro atoms. The zero-order valence-electron chi connectivity index (χ0n) is 7.00. The monoisotopic (exact) mass is 170 g/mol. The second-order valence-electron chi connectivity index (χ2n) is 2.86. The van der Waals surface area contributed by atoms with Gasteiger partial charge >= 0.3 is 0 Å². The quantitative estimate of drug-likeness (QED) is 0.675. The van der Waals surface area contributed by atoms with Crippen LogP contribution in [0.2, 0.25) is 0 Å². The maximum atomic E-state index is 12.8. The molecule has 0 bridgehead atoms. The molecule has 0 heterocycles. The summed E-state index contributed by atoms with van der Waals surface area (Å²) in [6, 6.07) is 2.78. The standard InChI is InChI=1S/C9H11FO2/c1-5-3-7(6(2)11)9(12)8(10)4-5/h3-4,6,11-12H,1-2H3. The largest absolute Gasteiger partial charge is 0.505 e. The zero-order valence-corrected chi connectivity index (χ0v) is 7.00. The van der Waals surface area contributed by atoms with Crippen molar-refractivity contribution in [3.05, 3.63) is 29.1 Å². The van der Waals surface area contributed by atoms with Gasteiger partial charge in [-0.25, -0.2) is 4.39 Å². The van der Waals surface area contributed by atoms with E-state index in [9.17, 15) is 4.39 Å². The lowest BCUT2D eigenvalue weighted by molar-refractivity contribution is 0.193. The van der Waals surface area contributed by atoms with Gasteiger partial charge in [-0.3, -0.25) is 0 Å². The SMILES string of the molecule is Cc1cc(F)c(O)c(C(C)O)c1. The Morgan fingerprint density at radius 1 is 1.42 bits per heavy atom. The molecule has 12 heavy (non-hydrogen) atoms. The summed E-state index contributed by atoms with van der Waals surface area (Å²) in [5, 5.41) is 18.3. The molecular weight excluding hydrogens is 159 g/mol. The van der Waals surface area contributed by atoms with Crippen molar-refractivity contribution >= 4 is 0 Å². The van der Waals surface area contributed by atoms with E-state index in [4.69, 9.17) is 10.2 Å². The Kier molecular flexibility index (Phi) is 2.33. The summed E-state index contributed by atoms with van der Waals surface area (Å²) in [6.07, 6.45) is -0.848. The summed E-state index contributed by atoms with van der Waals surface area (Å²) < 4.78 is 12.8. The Bertz CT molecular complexity index is 295. The number of rotatable bonds is 1. The van der Waals surface area contributed by atoms with E-state index in [1.54, 1.807) is 13.0 Å². The van der Waals surface area contributed by atoms with Crippen molar-refractivity contribution < 1.29 is 14.6 Å². The highest BCUT2D eigenvalue weighted by atomic mass is 19.1. The number of hydrogen-bond acceptors (Lipinski definition) is 2. The molecule has 66 valence electrons. The first-order chi connectivity index (χ1) is 5.52. The lowest BCUT2D eigenvalue weighted by Gasteiger charge is -2.08. The van der Waals surface area contributed by atoms with Crippen molar-refractivity contribution in [1.82, 2.24) is 0 Å². The number of hydrogen-bond donors (Lipinski definition) is 2. The molecule has 1 rings (SSSR count). The lowest BCUT2D eigenvalue weighted by atomic mass is 10.1. The number of aryl methyl sites for hydroxylation is 1. The normalized spacial score (nSPS) is 13.0. The smallest absolute Gasteiger partial charge is 0.165 e. The van der Waals surface area contributed by atoms with Gasteiger partial charge in [0.15, 0.2) is 11.6 Å². The molecule has 0 amide bonds. The minimum absolute atomic E-state index is 0.229. The number of halogens is 1. The fourth-order valence-corrected chi connectivity index (χ4v) is 1.08. The highest BCUT2D eigenvalue weighted by Gasteiger charge is 2.11. The fourth-order valence-electron chi connectivity index (χ4n) is 1.08. The van der Waals surface area contributed by atoms with E-state index in [2.05, 4.69) is 0 Å². The van der Waals surface area contributed by atoms with Gasteiger partial charge in [0.2, 0.25) is 0 Å². The van der Waals surface area contributed by atoms with Gasteiger partial charge in [-0.1, -0.05) is 0 Å². The maximum Gasteiger partial charge on any atom is 0.165 e. The van der Waals surface area contributed by atoms with Crippen LogP contribution >= 0.6 is 0 Å². The average Bonchev–Trinajstić information content (AvgIpc) is 1.96. The third kappa shape index (κ3) is 1.56. The number of phenolic OH excluding ortho intramolecular Hbond substituents is 1. The van der Waals surface area contributed by atoms with Crippen molar-refractivity contribution in [2.45, 2.75) is 20.0 Å². The maximum absolute atomic E-state index is 12.8. The third-order valence-corrected chi connectivity index (χ3v) is 1.69. The van der Waals surface area contributed by atoms with Crippen LogP contribution in [0.4, 0.5) is 4.39 Å². The van der Waals surface area contributed by atoms with Crippen LogP contribution in [0.3, 0.4) is 0 Å². The third-order valence-electron chi connectivity index (χ3n) is 1.69. The molecule has 0 radical (unpaired) electrons. The number of benzene rings is 1. The van der Waals surface area contributed by atoms with E-state index in [1.165, 1.54) is 13.0 Å². The van der Waals surface area contributed by atoms with E-state index in [0.29, 0.717) is 5.56 Å². The first-order valence-electron chi connectivity index (χ1n) is 3.69. The summed E-state index contributed by atoms with van der Waals surface area (Å²) in [4.78, 5) is 0. The minimum atomic E-state index is -0.848. The summed E-state index contributed by atoms with van der Waals surface area (Å²) in [5.74, 6) is -1.15. The van der Waals surface area contributed by atoms with Crippen LogP contribution in [0.1, 0.15) is 24.2 Å². The van der Waals surface area contributed by atoms with Crippen LogP contribution in [0, 0.1) is 12.7 Å². The molecule has 0 aliphatic carbocycles. The zero-order chi connectivity index (χ0) is 9.30. The predicted molar refractivity (Wildman–Crippen MR) is 43.4 cm³/mol. The van der Waals surface area contributed by atoms with Crippen molar-refractivity contribution in [2.24, 2.45) is 0 Å². The molecule has 0 saturated carbocycles. The van der Waals surface area contributed by atoms with E-state index in [1.807, 2.05) is 0 Å². The molecule has 1 unspecified atom stereocenters. The Balaban J connectivity index is 3.28. The van der Waals surface area contributed by atoms with Crippen molar-refractivity contribution in [3.8, 4) is 5.75 Å². The molecule has 0 aliphatic rings. The first-order valence-corrected chi connectivity index (χ1v) is 3.69. The number of aromatic hydroxyl groups is 1. The molecule has 0 fully saturated rings. The number of aliphatic hydroxyl groups excluding tert-OH is 1. The van der Waals surface area contributed by atoms with Crippen LogP contribution in [0.15, 0.2) is 12.1 Å². The molecule has 1 aromatic rings. The predicted octanol–water partition coefficient (Wildman–Crippen LogP) is 1.89. The van der Waals surface area contributed by atoms with Gasteiger partial charge in [0.05, 0.1) is 6.10 Å². The Morgan fingerprint density at radius 2 is 2.00 bits per heavy atom. The van der Waals surface area contributed by atoms with Crippen molar-refractivity contribution in [3.63, 3.8) is 0 Å². The van der Waals surface area contributed by atoms with E-state index < -0.39 is 17.7 Å². The Hall–Kier alpha value is -1.09. The molecule has 1 aromatic carbocycles. The highest BCUT2D eigenvalue weighted by molar-refractivity contribution is 5.38. The second-order valence-corrected chi connectivity index (χ2v) is 2.86. The molecule has 0 aliphatic heterocycles. The van der Waals surface area contributed by atoms with Gasteiger partial charge < -0.3 is 10.2 Å². The average molecular weight is 170 g/mol. The first kappa shape index (κ1) is 9.00. The van der Waals surface area contributed by atoms with E-state index in [0.717, 1.165) is 0 Å². The van der Waals surface area contributed by atoms with Crippen molar-refractivity contribution in [2.75, 3.05) is 0 Å². The van der Waals surface area contributed by atoms with Crippen LogP contribution in [-0.2, 0) is 0 Å². The van der Waals surface area contributed by atoms with Gasteiger partial charge in [0.1, 0.15) is 0 Å². The summed E-state index contributed by atoms with van der Waals surface area (Å²) >= 11 is 0. The van der Waals surface area contributed by atoms with Gasteiger partial charge in [-0.05, 0) is 31.5 Å². The Morgan fingerprint density at radius 3 is 2.50 bits per heavy atom. The van der Waals surface area contributed by atoms with E-state index >= 15 is 0 Å².